The Morgan fingerprint density at radius 2 is 1.83 bits per heavy atom. The largest absolute Gasteiger partial charge is 0.376 e. The average Bonchev–Trinajstić information content (AvgIpc) is 3.36. The van der Waals surface area contributed by atoms with E-state index in [-0.39, 0.29) is 6.10 Å². The first-order valence-electron chi connectivity index (χ1n) is 8.44. The molecule has 2 atom stereocenters. The molecule has 1 aliphatic heterocycles. The fraction of sp³-hybridized carbons (Fsp3) is 0.500. The third kappa shape index (κ3) is 3.50. The molecule has 5 nitrogen and oxygen atoms in total. The summed E-state index contributed by atoms with van der Waals surface area (Å²) in [6.45, 7) is 1.86. The van der Waals surface area contributed by atoms with Crippen molar-refractivity contribution in [2.75, 3.05) is 18.1 Å². The molecule has 2 aromatic heterocycles. The van der Waals surface area contributed by atoms with E-state index in [0.29, 0.717) is 6.04 Å². The van der Waals surface area contributed by atoms with Gasteiger partial charge in [-0.25, -0.2) is 9.97 Å². The fourth-order valence-electron chi connectivity index (χ4n) is 3.25. The SMILES string of the molecule is c1cnc(N2CC[C@@H](OCC3CC3)[C@@H]2Cc2ccncc2)nc1. The normalized spacial score (nSPS) is 24.1. The summed E-state index contributed by atoms with van der Waals surface area (Å²) in [6, 6.07) is 6.32. The molecule has 2 aromatic rings. The Labute approximate surface area is 136 Å². The molecule has 2 fully saturated rings. The lowest BCUT2D eigenvalue weighted by atomic mass is 10.0. The smallest absolute Gasteiger partial charge is 0.225 e. The van der Waals surface area contributed by atoms with Gasteiger partial charge in [0.05, 0.1) is 12.1 Å². The van der Waals surface area contributed by atoms with Crippen molar-refractivity contribution in [1.82, 2.24) is 15.0 Å². The van der Waals surface area contributed by atoms with Crippen molar-refractivity contribution in [3.8, 4) is 0 Å². The number of ether oxygens (including phenoxy) is 1. The molecule has 2 aliphatic rings. The van der Waals surface area contributed by atoms with Crippen molar-refractivity contribution in [3.05, 3.63) is 48.5 Å². The minimum Gasteiger partial charge on any atom is -0.376 e. The molecule has 1 saturated heterocycles. The maximum absolute atomic E-state index is 6.25. The molecule has 4 rings (SSSR count). The van der Waals surface area contributed by atoms with Gasteiger partial charge in [0.2, 0.25) is 5.95 Å². The minimum atomic E-state index is 0.257. The molecule has 23 heavy (non-hydrogen) atoms. The molecule has 0 radical (unpaired) electrons. The third-order valence-electron chi connectivity index (χ3n) is 4.73. The van der Waals surface area contributed by atoms with Crippen LogP contribution in [0.25, 0.3) is 0 Å². The zero-order valence-corrected chi connectivity index (χ0v) is 13.2. The van der Waals surface area contributed by atoms with Crippen LogP contribution < -0.4 is 4.90 Å². The number of rotatable bonds is 6. The highest BCUT2D eigenvalue weighted by Crippen LogP contribution is 2.32. The molecule has 0 bridgehead atoms. The number of aromatic nitrogens is 3. The Morgan fingerprint density at radius 1 is 1.04 bits per heavy atom. The van der Waals surface area contributed by atoms with Gasteiger partial charge in [-0.2, -0.15) is 0 Å². The van der Waals surface area contributed by atoms with Gasteiger partial charge < -0.3 is 9.64 Å². The van der Waals surface area contributed by atoms with E-state index in [1.165, 1.54) is 18.4 Å². The van der Waals surface area contributed by atoms with Crippen LogP contribution in [-0.4, -0.2) is 40.2 Å². The molecule has 120 valence electrons. The van der Waals surface area contributed by atoms with Crippen molar-refractivity contribution in [3.63, 3.8) is 0 Å². The van der Waals surface area contributed by atoms with Crippen LogP contribution >= 0.6 is 0 Å². The van der Waals surface area contributed by atoms with Gasteiger partial charge in [0, 0.05) is 37.9 Å². The van der Waals surface area contributed by atoms with E-state index < -0.39 is 0 Å². The number of nitrogens with zero attached hydrogens (tertiary/aromatic N) is 4. The summed E-state index contributed by atoms with van der Waals surface area (Å²) in [5.41, 5.74) is 1.29. The van der Waals surface area contributed by atoms with Crippen molar-refractivity contribution in [1.29, 1.82) is 0 Å². The third-order valence-corrected chi connectivity index (χ3v) is 4.73. The second-order valence-corrected chi connectivity index (χ2v) is 6.47. The molecule has 0 spiro atoms. The van der Waals surface area contributed by atoms with Gasteiger partial charge in [-0.15, -0.1) is 0 Å². The Hall–Kier alpha value is -2.01. The number of pyridine rings is 1. The fourth-order valence-corrected chi connectivity index (χ4v) is 3.25. The molecule has 1 aliphatic carbocycles. The van der Waals surface area contributed by atoms with Crippen LogP contribution in [0.5, 0.6) is 0 Å². The second kappa shape index (κ2) is 6.62. The van der Waals surface area contributed by atoms with Crippen LogP contribution in [0, 0.1) is 5.92 Å². The summed E-state index contributed by atoms with van der Waals surface area (Å²) in [5.74, 6) is 1.60. The van der Waals surface area contributed by atoms with Gasteiger partial charge >= 0.3 is 0 Å². The van der Waals surface area contributed by atoms with Crippen LogP contribution in [0.3, 0.4) is 0 Å². The highest BCUT2D eigenvalue weighted by molar-refractivity contribution is 5.35. The molecule has 0 aromatic carbocycles. The average molecular weight is 310 g/mol. The maximum atomic E-state index is 6.25. The quantitative estimate of drug-likeness (QED) is 0.820. The second-order valence-electron chi connectivity index (χ2n) is 6.47. The van der Waals surface area contributed by atoms with E-state index in [1.54, 1.807) is 0 Å². The summed E-state index contributed by atoms with van der Waals surface area (Å²) in [7, 11) is 0. The first-order valence-corrected chi connectivity index (χ1v) is 8.44. The summed E-state index contributed by atoms with van der Waals surface area (Å²) >= 11 is 0. The van der Waals surface area contributed by atoms with E-state index >= 15 is 0 Å². The maximum Gasteiger partial charge on any atom is 0.225 e. The summed E-state index contributed by atoms with van der Waals surface area (Å²) in [6.07, 6.45) is 12.2. The minimum absolute atomic E-state index is 0.257. The van der Waals surface area contributed by atoms with Gasteiger partial charge in [0.1, 0.15) is 0 Å². The van der Waals surface area contributed by atoms with E-state index in [4.69, 9.17) is 4.74 Å². The Morgan fingerprint density at radius 3 is 2.57 bits per heavy atom. The molecule has 3 heterocycles. The predicted octanol–water partition coefficient (Wildman–Crippen LogP) is 2.49. The predicted molar refractivity (Wildman–Crippen MR) is 88.2 cm³/mol. The highest BCUT2D eigenvalue weighted by Gasteiger charge is 2.37. The molecule has 0 amide bonds. The van der Waals surface area contributed by atoms with Crippen LogP contribution in [-0.2, 0) is 11.2 Å². The summed E-state index contributed by atoms with van der Waals surface area (Å²) in [4.78, 5) is 15.3. The van der Waals surface area contributed by atoms with Crippen LogP contribution in [0.15, 0.2) is 43.0 Å². The standard InChI is InChI=1S/C18H22N4O/c1-7-20-18(21-8-1)22-11-6-17(23-13-15-2-3-15)16(22)12-14-4-9-19-10-5-14/h1,4-5,7-10,15-17H,2-3,6,11-13H2/t16-,17+/m0/s1. The summed E-state index contributed by atoms with van der Waals surface area (Å²) in [5, 5.41) is 0. The lowest BCUT2D eigenvalue weighted by Crippen LogP contribution is -2.39. The lowest BCUT2D eigenvalue weighted by Gasteiger charge is -2.28. The van der Waals surface area contributed by atoms with Crippen LogP contribution in [0.4, 0.5) is 5.95 Å². The zero-order chi connectivity index (χ0) is 15.5. The molecule has 5 heteroatoms. The van der Waals surface area contributed by atoms with Gasteiger partial charge in [0.15, 0.2) is 0 Å². The van der Waals surface area contributed by atoms with Crippen molar-refractivity contribution >= 4 is 5.95 Å². The topological polar surface area (TPSA) is 51.1 Å². The molecule has 0 N–H and O–H groups in total. The molecular formula is C18H22N4O. The number of hydrogen-bond acceptors (Lipinski definition) is 5. The van der Waals surface area contributed by atoms with E-state index in [9.17, 15) is 0 Å². The Kier molecular flexibility index (Phi) is 4.20. The van der Waals surface area contributed by atoms with E-state index in [0.717, 1.165) is 37.9 Å². The number of hydrogen-bond donors (Lipinski definition) is 0. The van der Waals surface area contributed by atoms with Crippen LogP contribution in [0.2, 0.25) is 0 Å². The molecule has 1 saturated carbocycles. The Balaban J connectivity index is 1.52. The monoisotopic (exact) mass is 310 g/mol. The van der Waals surface area contributed by atoms with E-state index in [1.807, 2.05) is 30.9 Å². The van der Waals surface area contributed by atoms with E-state index in [2.05, 4.69) is 32.0 Å². The Bertz CT molecular complexity index is 617. The number of anilines is 1. The summed E-state index contributed by atoms with van der Waals surface area (Å²) < 4.78 is 6.25. The molecule has 0 unspecified atom stereocenters. The lowest BCUT2D eigenvalue weighted by molar-refractivity contribution is 0.0406. The first kappa shape index (κ1) is 14.6. The van der Waals surface area contributed by atoms with Gasteiger partial charge in [0.25, 0.3) is 0 Å². The van der Waals surface area contributed by atoms with Crippen molar-refractivity contribution < 1.29 is 4.74 Å². The van der Waals surface area contributed by atoms with Gasteiger partial charge in [-0.1, -0.05) is 0 Å². The van der Waals surface area contributed by atoms with Gasteiger partial charge in [-0.3, -0.25) is 4.98 Å². The van der Waals surface area contributed by atoms with Crippen molar-refractivity contribution in [2.24, 2.45) is 5.92 Å². The molecular weight excluding hydrogens is 288 g/mol. The van der Waals surface area contributed by atoms with Crippen molar-refractivity contribution in [2.45, 2.75) is 37.8 Å². The van der Waals surface area contributed by atoms with Crippen LogP contribution in [0.1, 0.15) is 24.8 Å². The first-order chi connectivity index (χ1) is 11.4. The zero-order valence-electron chi connectivity index (χ0n) is 13.2. The van der Waals surface area contributed by atoms with Gasteiger partial charge in [-0.05, 0) is 55.4 Å². The highest BCUT2D eigenvalue weighted by atomic mass is 16.5.